The third-order valence-corrected chi connectivity index (χ3v) is 6.61. The number of pyridine rings is 1. The average molecular weight is 546 g/mol. The van der Waals surface area contributed by atoms with Crippen LogP contribution in [0.3, 0.4) is 0 Å². The van der Waals surface area contributed by atoms with Crippen LogP contribution in [-0.2, 0) is 13.2 Å². The summed E-state index contributed by atoms with van der Waals surface area (Å²) in [4.78, 5) is 26.8. The van der Waals surface area contributed by atoms with Gasteiger partial charge in [0.2, 0.25) is 0 Å². The van der Waals surface area contributed by atoms with Crippen molar-refractivity contribution in [2.75, 3.05) is 13.2 Å². The molecule has 8 nitrogen and oxygen atoms in total. The summed E-state index contributed by atoms with van der Waals surface area (Å²) in [6.45, 7) is 3.32. The smallest absolute Gasteiger partial charge is 0.337 e. The van der Waals surface area contributed by atoms with Gasteiger partial charge < -0.3 is 24.1 Å². The van der Waals surface area contributed by atoms with Gasteiger partial charge in [-0.05, 0) is 53.4 Å². The zero-order chi connectivity index (χ0) is 27.4. The molecule has 1 aliphatic rings. The lowest BCUT2D eigenvalue weighted by Gasteiger charge is -2.20. The van der Waals surface area contributed by atoms with Crippen molar-refractivity contribution < 1.29 is 33.6 Å². The maximum Gasteiger partial charge on any atom is 0.337 e. The number of hydrogen-bond acceptors (Lipinski definition) is 7. The number of aldehydes is 1. The second-order valence-corrected chi connectivity index (χ2v) is 9.26. The highest BCUT2D eigenvalue weighted by molar-refractivity contribution is 6.32. The highest BCUT2D eigenvalue weighted by Gasteiger charge is 2.16. The zero-order valence-electron chi connectivity index (χ0n) is 21.0. The Bertz CT molecular complexity index is 1550. The molecular formula is C30H24ClNO7. The van der Waals surface area contributed by atoms with E-state index in [0.717, 1.165) is 33.8 Å². The fourth-order valence-corrected chi connectivity index (χ4v) is 4.47. The van der Waals surface area contributed by atoms with Crippen LogP contribution in [-0.4, -0.2) is 35.6 Å². The molecule has 0 atom stereocenters. The van der Waals surface area contributed by atoms with Crippen LogP contribution >= 0.6 is 11.6 Å². The molecule has 198 valence electrons. The Kier molecular flexibility index (Phi) is 7.65. The molecule has 1 aromatic heterocycles. The third-order valence-electron chi connectivity index (χ3n) is 6.31. The van der Waals surface area contributed by atoms with Gasteiger partial charge in [0.05, 0.1) is 16.1 Å². The summed E-state index contributed by atoms with van der Waals surface area (Å²) in [7, 11) is 0. The molecule has 0 spiro atoms. The largest absolute Gasteiger partial charge is 0.488 e. The molecule has 0 aliphatic carbocycles. The summed E-state index contributed by atoms with van der Waals surface area (Å²) >= 11 is 6.41. The number of benzene rings is 3. The molecule has 4 aromatic rings. The number of ether oxygens (including phenoxy) is 4. The first-order chi connectivity index (χ1) is 18.9. The zero-order valence-corrected chi connectivity index (χ0v) is 21.7. The molecule has 1 aliphatic heterocycles. The van der Waals surface area contributed by atoms with Gasteiger partial charge in [0, 0.05) is 24.0 Å². The predicted octanol–water partition coefficient (Wildman–Crippen LogP) is 6.15. The van der Waals surface area contributed by atoms with E-state index < -0.39 is 5.97 Å². The number of carboxylic acid groups (broad SMARTS) is 1. The van der Waals surface area contributed by atoms with Gasteiger partial charge >= 0.3 is 5.97 Å². The van der Waals surface area contributed by atoms with E-state index in [4.69, 9.17) is 30.5 Å². The standard InChI is InChI=1S/C30H24ClNO7/c1-18-21(3-2-4-24(18)20-5-6-26-29(11-20)37-8-7-36-26)17-39-28-12-27(23(15-33)10-25(28)31)38-16-19-9-22(30(34)35)14-32-13-19/h2-6,9-15H,7-8,16-17H2,1H3,(H,34,35). The van der Waals surface area contributed by atoms with Crippen molar-refractivity contribution in [1.82, 2.24) is 4.98 Å². The highest BCUT2D eigenvalue weighted by atomic mass is 35.5. The number of fused-ring (bicyclic) bond motifs is 1. The molecule has 0 radical (unpaired) electrons. The monoisotopic (exact) mass is 545 g/mol. The number of aromatic nitrogens is 1. The molecule has 0 unspecified atom stereocenters. The van der Waals surface area contributed by atoms with E-state index in [1.165, 1.54) is 24.5 Å². The van der Waals surface area contributed by atoms with Gasteiger partial charge in [-0.25, -0.2) is 4.79 Å². The Morgan fingerprint density at radius 1 is 1.00 bits per heavy atom. The first-order valence-electron chi connectivity index (χ1n) is 12.1. The first kappa shape index (κ1) is 26.1. The van der Waals surface area contributed by atoms with Crippen molar-refractivity contribution >= 4 is 23.9 Å². The predicted molar refractivity (Wildman–Crippen MR) is 144 cm³/mol. The molecule has 0 fully saturated rings. The van der Waals surface area contributed by atoms with E-state index in [-0.39, 0.29) is 35.1 Å². The fraction of sp³-hybridized carbons (Fsp3) is 0.167. The topological polar surface area (TPSA) is 104 Å². The van der Waals surface area contributed by atoms with E-state index in [1.54, 1.807) is 6.07 Å². The minimum absolute atomic E-state index is 0.00666. The maximum absolute atomic E-state index is 11.6. The molecule has 1 N–H and O–H groups in total. The third kappa shape index (κ3) is 5.81. The Morgan fingerprint density at radius 3 is 2.59 bits per heavy atom. The Hall–Kier alpha value is -4.56. The lowest BCUT2D eigenvalue weighted by Crippen LogP contribution is -2.15. The normalized spacial score (nSPS) is 12.1. The van der Waals surface area contributed by atoms with Gasteiger partial charge in [-0.1, -0.05) is 35.9 Å². The van der Waals surface area contributed by atoms with Crippen molar-refractivity contribution in [1.29, 1.82) is 0 Å². The fourth-order valence-electron chi connectivity index (χ4n) is 4.24. The van der Waals surface area contributed by atoms with Gasteiger partial charge in [0.15, 0.2) is 17.8 Å². The van der Waals surface area contributed by atoms with Crippen LogP contribution in [0.1, 0.15) is 37.4 Å². The van der Waals surface area contributed by atoms with Crippen LogP contribution in [0.5, 0.6) is 23.0 Å². The van der Waals surface area contributed by atoms with Crippen LogP contribution in [0.15, 0.2) is 67.0 Å². The number of carbonyl (C=O) groups is 2. The van der Waals surface area contributed by atoms with Crippen LogP contribution in [0, 0.1) is 6.92 Å². The lowest BCUT2D eigenvalue weighted by molar-refractivity contribution is 0.0696. The van der Waals surface area contributed by atoms with Crippen molar-refractivity contribution in [3.8, 4) is 34.1 Å². The molecule has 5 rings (SSSR count). The summed E-state index contributed by atoms with van der Waals surface area (Å²) in [5.41, 5.74) is 4.86. The molecule has 0 amide bonds. The first-order valence-corrected chi connectivity index (χ1v) is 12.5. The van der Waals surface area contributed by atoms with E-state index in [9.17, 15) is 14.7 Å². The number of carbonyl (C=O) groups excluding carboxylic acids is 1. The van der Waals surface area contributed by atoms with Crippen LogP contribution in [0.25, 0.3) is 11.1 Å². The molecule has 0 saturated heterocycles. The SMILES string of the molecule is Cc1c(COc2cc(OCc3cncc(C(=O)O)c3)c(C=O)cc2Cl)cccc1-c1ccc2c(c1)OCCO2. The van der Waals surface area contributed by atoms with Crippen molar-refractivity contribution in [3.05, 3.63) is 99.8 Å². The number of aromatic carboxylic acids is 1. The Labute approximate surface area is 229 Å². The van der Waals surface area contributed by atoms with E-state index in [2.05, 4.69) is 4.98 Å². The molecular weight excluding hydrogens is 522 g/mol. The van der Waals surface area contributed by atoms with Crippen LogP contribution < -0.4 is 18.9 Å². The molecule has 2 heterocycles. The summed E-state index contributed by atoms with van der Waals surface area (Å²) in [5.74, 6) is 0.971. The van der Waals surface area contributed by atoms with Crippen LogP contribution in [0.4, 0.5) is 0 Å². The summed E-state index contributed by atoms with van der Waals surface area (Å²) in [5, 5.41) is 9.44. The highest BCUT2D eigenvalue weighted by Crippen LogP contribution is 2.37. The summed E-state index contributed by atoms with van der Waals surface area (Å²) in [6, 6.07) is 16.4. The van der Waals surface area contributed by atoms with E-state index in [1.807, 2.05) is 43.3 Å². The minimum atomic E-state index is -1.09. The van der Waals surface area contributed by atoms with E-state index >= 15 is 0 Å². The van der Waals surface area contributed by atoms with Crippen molar-refractivity contribution in [2.45, 2.75) is 20.1 Å². The summed E-state index contributed by atoms with van der Waals surface area (Å²) < 4.78 is 23.3. The molecule has 3 aromatic carbocycles. The van der Waals surface area contributed by atoms with Crippen LogP contribution in [0.2, 0.25) is 5.02 Å². The van der Waals surface area contributed by atoms with Gasteiger partial charge in [-0.15, -0.1) is 0 Å². The molecule has 0 bridgehead atoms. The summed E-state index contributed by atoms with van der Waals surface area (Å²) in [6.07, 6.45) is 3.39. The molecule has 39 heavy (non-hydrogen) atoms. The second kappa shape index (κ2) is 11.4. The molecule has 9 heteroatoms. The minimum Gasteiger partial charge on any atom is -0.488 e. The average Bonchev–Trinajstić information content (AvgIpc) is 2.96. The number of hydrogen-bond donors (Lipinski definition) is 1. The van der Waals surface area contributed by atoms with Gasteiger partial charge in [-0.2, -0.15) is 0 Å². The second-order valence-electron chi connectivity index (χ2n) is 8.85. The number of carboxylic acids is 1. The van der Waals surface area contributed by atoms with Crippen molar-refractivity contribution in [3.63, 3.8) is 0 Å². The Balaban J connectivity index is 1.34. The quantitative estimate of drug-likeness (QED) is 0.250. The number of nitrogens with zero attached hydrogens (tertiary/aromatic N) is 1. The lowest BCUT2D eigenvalue weighted by atomic mass is 9.96. The molecule has 0 saturated carbocycles. The van der Waals surface area contributed by atoms with Crippen molar-refractivity contribution in [2.24, 2.45) is 0 Å². The Morgan fingerprint density at radius 2 is 1.79 bits per heavy atom. The van der Waals surface area contributed by atoms with Gasteiger partial charge in [0.1, 0.15) is 37.9 Å². The maximum atomic E-state index is 11.6. The number of rotatable bonds is 9. The van der Waals surface area contributed by atoms with Gasteiger partial charge in [-0.3, -0.25) is 9.78 Å². The van der Waals surface area contributed by atoms with E-state index in [0.29, 0.717) is 30.8 Å². The number of halogens is 1. The van der Waals surface area contributed by atoms with Gasteiger partial charge in [0.25, 0.3) is 0 Å².